The molecule has 2 aliphatic rings. The third-order valence-corrected chi connectivity index (χ3v) is 5.23. The molecule has 0 radical (unpaired) electrons. The molecule has 0 saturated carbocycles. The maximum atomic E-state index is 12.7. The van der Waals surface area contributed by atoms with Crippen molar-refractivity contribution in [2.75, 3.05) is 29.9 Å². The first-order valence-electron chi connectivity index (χ1n) is 8.27. The highest BCUT2D eigenvalue weighted by Gasteiger charge is 2.41. The summed E-state index contributed by atoms with van der Waals surface area (Å²) < 4.78 is 0. The molecular formula is C19H18ClN3O2. The highest BCUT2D eigenvalue weighted by molar-refractivity contribution is 6.31. The highest BCUT2D eigenvalue weighted by atomic mass is 35.5. The summed E-state index contributed by atoms with van der Waals surface area (Å²) >= 11 is 6.15. The molecule has 0 N–H and O–H groups in total. The zero-order valence-electron chi connectivity index (χ0n) is 14.1. The van der Waals surface area contributed by atoms with Gasteiger partial charge in [0.05, 0.1) is 29.0 Å². The van der Waals surface area contributed by atoms with E-state index in [0.717, 1.165) is 17.9 Å². The van der Waals surface area contributed by atoms with Gasteiger partial charge in [-0.1, -0.05) is 23.7 Å². The molecule has 0 aromatic heterocycles. The zero-order chi connectivity index (χ0) is 17.7. The number of anilines is 2. The topological polar surface area (TPSA) is 43.9 Å². The molecule has 25 heavy (non-hydrogen) atoms. The number of hydrogen-bond donors (Lipinski definition) is 0. The molecule has 1 atom stereocenters. The maximum absolute atomic E-state index is 12.7. The number of hydrogen-bond acceptors (Lipinski definition) is 4. The first-order chi connectivity index (χ1) is 12.0. The number of likely N-dealkylation sites (N-methyl/N-ethyl adjacent to an activating group) is 2. The molecule has 2 amide bonds. The second-order valence-corrected chi connectivity index (χ2v) is 6.71. The molecule has 0 fully saturated rings. The largest absolute Gasteiger partial charge is 0.351 e. The Morgan fingerprint density at radius 3 is 2.24 bits per heavy atom. The summed E-state index contributed by atoms with van der Waals surface area (Å²) in [6, 6.07) is 12.7. The van der Waals surface area contributed by atoms with Crippen molar-refractivity contribution < 1.29 is 9.59 Å². The van der Waals surface area contributed by atoms with E-state index >= 15 is 0 Å². The summed E-state index contributed by atoms with van der Waals surface area (Å²) in [5.74, 6) is -0.446. The van der Waals surface area contributed by atoms with Gasteiger partial charge in [-0.15, -0.1) is 0 Å². The number of amides is 2. The Labute approximate surface area is 151 Å². The van der Waals surface area contributed by atoms with Crippen LogP contribution in [-0.4, -0.2) is 43.0 Å². The van der Waals surface area contributed by atoms with Gasteiger partial charge in [0.2, 0.25) is 0 Å². The van der Waals surface area contributed by atoms with Gasteiger partial charge < -0.3 is 9.80 Å². The Morgan fingerprint density at radius 2 is 1.64 bits per heavy atom. The molecule has 128 valence electrons. The zero-order valence-corrected chi connectivity index (χ0v) is 14.8. The normalized spacial score (nSPS) is 18.8. The molecule has 2 aliphatic heterocycles. The van der Waals surface area contributed by atoms with E-state index in [4.69, 9.17) is 11.6 Å². The molecular weight excluding hydrogens is 338 g/mol. The average Bonchev–Trinajstić information content (AvgIpc) is 3.01. The van der Waals surface area contributed by atoms with Crippen molar-refractivity contribution in [2.24, 2.45) is 0 Å². The molecule has 1 unspecified atom stereocenters. The Kier molecular flexibility index (Phi) is 3.69. The fourth-order valence-corrected chi connectivity index (χ4v) is 3.89. The summed E-state index contributed by atoms with van der Waals surface area (Å²) in [6.07, 6.45) is -0.110. The summed E-state index contributed by atoms with van der Waals surface area (Å²) in [6.45, 7) is 3.12. The lowest BCUT2D eigenvalue weighted by Crippen LogP contribution is -2.50. The van der Waals surface area contributed by atoms with E-state index in [1.165, 1.54) is 4.90 Å². The van der Waals surface area contributed by atoms with E-state index < -0.39 is 0 Å². The van der Waals surface area contributed by atoms with Crippen molar-refractivity contribution >= 4 is 34.8 Å². The minimum absolute atomic E-state index is 0.110. The Morgan fingerprint density at radius 1 is 1.00 bits per heavy atom. The lowest BCUT2D eigenvalue weighted by atomic mass is 10.1. The molecule has 0 saturated heterocycles. The fraction of sp³-hybridized carbons (Fsp3) is 0.263. The second-order valence-electron chi connectivity index (χ2n) is 6.28. The third kappa shape index (κ3) is 2.30. The van der Waals surface area contributed by atoms with Crippen LogP contribution in [0.25, 0.3) is 0 Å². The van der Waals surface area contributed by atoms with Gasteiger partial charge in [-0.25, -0.2) is 0 Å². The van der Waals surface area contributed by atoms with Crippen LogP contribution in [0, 0.1) is 0 Å². The van der Waals surface area contributed by atoms with E-state index in [2.05, 4.69) is 16.7 Å². The van der Waals surface area contributed by atoms with E-state index in [1.807, 2.05) is 25.2 Å². The van der Waals surface area contributed by atoms with Crippen molar-refractivity contribution in [1.82, 2.24) is 4.90 Å². The molecule has 2 heterocycles. The van der Waals surface area contributed by atoms with Crippen molar-refractivity contribution in [1.29, 1.82) is 0 Å². The standard InChI is InChI=1S/C19H18ClN3O2/c1-3-22-16-10-12(20)8-9-15(16)21(2)17(22)11-23-18(24)13-6-4-5-7-14(13)19(23)25/h4-10,17H,3,11H2,1-2H3. The first kappa shape index (κ1) is 16.0. The summed E-state index contributed by atoms with van der Waals surface area (Å²) in [5.41, 5.74) is 3.04. The van der Waals surface area contributed by atoms with Crippen LogP contribution >= 0.6 is 11.6 Å². The molecule has 2 aromatic rings. The number of fused-ring (bicyclic) bond motifs is 2. The number of benzene rings is 2. The molecule has 4 rings (SSSR count). The minimum Gasteiger partial charge on any atom is -0.351 e. The molecule has 0 bridgehead atoms. The smallest absolute Gasteiger partial charge is 0.261 e. The minimum atomic E-state index is -0.223. The molecule has 0 aliphatic carbocycles. The van der Waals surface area contributed by atoms with Crippen molar-refractivity contribution in [3.8, 4) is 0 Å². The summed E-state index contributed by atoms with van der Waals surface area (Å²) in [5, 5.41) is 0.673. The average molecular weight is 356 g/mol. The highest BCUT2D eigenvalue weighted by Crippen LogP contribution is 2.40. The quantitative estimate of drug-likeness (QED) is 0.793. The van der Waals surface area contributed by atoms with E-state index in [-0.39, 0.29) is 18.0 Å². The molecule has 2 aromatic carbocycles. The monoisotopic (exact) mass is 355 g/mol. The van der Waals surface area contributed by atoms with Crippen LogP contribution in [0.1, 0.15) is 27.6 Å². The van der Waals surface area contributed by atoms with Gasteiger partial charge in [0.1, 0.15) is 6.17 Å². The van der Waals surface area contributed by atoms with Crippen LogP contribution in [0.2, 0.25) is 5.02 Å². The summed E-state index contributed by atoms with van der Waals surface area (Å²) in [4.78, 5) is 31.0. The Hall–Kier alpha value is -2.53. The van der Waals surface area contributed by atoms with E-state index in [9.17, 15) is 9.59 Å². The SMILES string of the molecule is CCN1c2cc(Cl)ccc2N(C)C1CN1C(=O)c2ccccc2C1=O. The predicted molar refractivity (Wildman–Crippen MR) is 98.5 cm³/mol. The van der Waals surface area contributed by atoms with Crippen molar-refractivity contribution in [2.45, 2.75) is 13.1 Å². The predicted octanol–water partition coefficient (Wildman–Crippen LogP) is 3.24. The van der Waals surface area contributed by atoms with Crippen molar-refractivity contribution in [3.05, 3.63) is 58.6 Å². The van der Waals surface area contributed by atoms with E-state index in [0.29, 0.717) is 22.7 Å². The molecule has 5 nitrogen and oxygen atoms in total. The number of rotatable bonds is 3. The number of halogens is 1. The van der Waals surface area contributed by atoms with Gasteiger partial charge >= 0.3 is 0 Å². The van der Waals surface area contributed by atoms with Crippen LogP contribution in [-0.2, 0) is 0 Å². The van der Waals surface area contributed by atoms with Crippen molar-refractivity contribution in [3.63, 3.8) is 0 Å². The van der Waals surface area contributed by atoms with Crippen LogP contribution in [0.4, 0.5) is 11.4 Å². The summed E-state index contributed by atoms with van der Waals surface area (Å²) in [7, 11) is 1.98. The number of imide groups is 1. The van der Waals surface area contributed by atoms with Crippen LogP contribution < -0.4 is 9.80 Å². The van der Waals surface area contributed by atoms with Gasteiger partial charge in [-0.2, -0.15) is 0 Å². The van der Waals surface area contributed by atoms with Gasteiger partial charge in [-0.05, 0) is 37.3 Å². The van der Waals surface area contributed by atoms with Gasteiger partial charge in [-0.3, -0.25) is 14.5 Å². The number of nitrogens with zero attached hydrogens (tertiary/aromatic N) is 3. The van der Waals surface area contributed by atoms with Crippen LogP contribution in [0.15, 0.2) is 42.5 Å². The fourth-order valence-electron chi connectivity index (χ4n) is 3.73. The van der Waals surface area contributed by atoms with Gasteiger partial charge in [0.25, 0.3) is 11.8 Å². The lowest BCUT2D eigenvalue weighted by molar-refractivity contribution is 0.0645. The Bertz CT molecular complexity index is 848. The first-order valence-corrected chi connectivity index (χ1v) is 8.65. The van der Waals surface area contributed by atoms with Crippen LogP contribution in [0.3, 0.4) is 0 Å². The second kappa shape index (κ2) is 5.77. The number of carbonyl (C=O) groups is 2. The third-order valence-electron chi connectivity index (χ3n) is 5.00. The Balaban J connectivity index is 1.66. The molecule has 6 heteroatoms. The van der Waals surface area contributed by atoms with Crippen LogP contribution in [0.5, 0.6) is 0 Å². The molecule has 0 spiro atoms. The van der Waals surface area contributed by atoms with Gasteiger partial charge in [0, 0.05) is 18.6 Å². The van der Waals surface area contributed by atoms with E-state index in [1.54, 1.807) is 24.3 Å². The number of carbonyl (C=O) groups excluding carboxylic acids is 2. The van der Waals surface area contributed by atoms with Gasteiger partial charge in [0.15, 0.2) is 0 Å². The maximum Gasteiger partial charge on any atom is 0.261 e. The lowest BCUT2D eigenvalue weighted by Gasteiger charge is -2.32.